The molecule has 1 aliphatic rings. The Balaban J connectivity index is 2.13. The maximum atomic E-state index is 10.8. The number of carbonyl (C=O) groups is 1. The van der Waals surface area contributed by atoms with Gasteiger partial charge in [0, 0.05) is 13.6 Å². The van der Waals surface area contributed by atoms with Crippen LogP contribution in [0.4, 0.5) is 4.79 Å². The highest BCUT2D eigenvalue weighted by molar-refractivity contribution is 5.73. The molecule has 5 heteroatoms. The topological polar surface area (TPSA) is 70.6 Å². The molecular weight excluding hydrogens is 172 g/mol. The van der Waals surface area contributed by atoms with Crippen molar-refractivity contribution in [2.45, 2.75) is 25.0 Å². The number of amides is 2. The summed E-state index contributed by atoms with van der Waals surface area (Å²) in [5, 5.41) is 13.9. The molecule has 1 rings (SSSR count). The SMILES string of the molecule is CNC(=O)NC[C@H]1CC[C@@H](CO)O1. The Morgan fingerprint density at radius 1 is 1.54 bits per heavy atom. The van der Waals surface area contributed by atoms with Crippen molar-refractivity contribution < 1.29 is 14.6 Å². The third-order valence-corrected chi connectivity index (χ3v) is 2.12. The van der Waals surface area contributed by atoms with Crippen LogP contribution in [0.3, 0.4) is 0 Å². The molecule has 0 spiro atoms. The van der Waals surface area contributed by atoms with Gasteiger partial charge in [-0.1, -0.05) is 0 Å². The van der Waals surface area contributed by atoms with E-state index in [1.165, 1.54) is 0 Å². The number of urea groups is 1. The Labute approximate surface area is 77.5 Å². The van der Waals surface area contributed by atoms with E-state index in [0.29, 0.717) is 6.54 Å². The number of ether oxygens (including phenoxy) is 1. The van der Waals surface area contributed by atoms with Crippen LogP contribution in [0.25, 0.3) is 0 Å². The quantitative estimate of drug-likeness (QED) is 0.557. The summed E-state index contributed by atoms with van der Waals surface area (Å²) >= 11 is 0. The van der Waals surface area contributed by atoms with Crippen molar-refractivity contribution in [3.8, 4) is 0 Å². The van der Waals surface area contributed by atoms with E-state index in [4.69, 9.17) is 9.84 Å². The number of hydrogen-bond acceptors (Lipinski definition) is 3. The van der Waals surface area contributed by atoms with E-state index >= 15 is 0 Å². The molecule has 13 heavy (non-hydrogen) atoms. The Morgan fingerprint density at radius 2 is 2.23 bits per heavy atom. The number of rotatable bonds is 3. The van der Waals surface area contributed by atoms with Crippen LogP contribution in [0.1, 0.15) is 12.8 Å². The van der Waals surface area contributed by atoms with Crippen LogP contribution >= 0.6 is 0 Å². The molecule has 0 saturated carbocycles. The van der Waals surface area contributed by atoms with Gasteiger partial charge in [0.15, 0.2) is 0 Å². The van der Waals surface area contributed by atoms with Gasteiger partial charge >= 0.3 is 6.03 Å². The molecule has 0 bridgehead atoms. The predicted molar refractivity (Wildman–Crippen MR) is 47.4 cm³/mol. The second-order valence-electron chi connectivity index (χ2n) is 3.10. The van der Waals surface area contributed by atoms with E-state index in [9.17, 15) is 4.79 Å². The third kappa shape index (κ3) is 3.20. The molecule has 76 valence electrons. The van der Waals surface area contributed by atoms with Gasteiger partial charge in [0.1, 0.15) is 0 Å². The summed E-state index contributed by atoms with van der Waals surface area (Å²) in [5.74, 6) is 0. The largest absolute Gasteiger partial charge is 0.394 e. The number of aliphatic hydroxyl groups excluding tert-OH is 1. The molecule has 1 heterocycles. The maximum Gasteiger partial charge on any atom is 0.314 e. The van der Waals surface area contributed by atoms with Gasteiger partial charge < -0.3 is 20.5 Å². The Kier molecular flexibility index (Phi) is 3.98. The summed E-state index contributed by atoms with van der Waals surface area (Å²) < 4.78 is 5.41. The lowest BCUT2D eigenvalue weighted by molar-refractivity contribution is 0.0134. The third-order valence-electron chi connectivity index (χ3n) is 2.12. The fourth-order valence-corrected chi connectivity index (χ4v) is 1.36. The fraction of sp³-hybridized carbons (Fsp3) is 0.875. The minimum atomic E-state index is -0.198. The van der Waals surface area contributed by atoms with E-state index in [0.717, 1.165) is 12.8 Å². The van der Waals surface area contributed by atoms with Crippen molar-refractivity contribution in [1.82, 2.24) is 10.6 Å². The lowest BCUT2D eigenvalue weighted by atomic mass is 10.2. The van der Waals surface area contributed by atoms with Crippen molar-refractivity contribution in [2.24, 2.45) is 0 Å². The zero-order valence-electron chi connectivity index (χ0n) is 7.75. The zero-order valence-corrected chi connectivity index (χ0v) is 7.75. The highest BCUT2D eigenvalue weighted by Crippen LogP contribution is 2.18. The molecule has 2 amide bonds. The van der Waals surface area contributed by atoms with E-state index in [2.05, 4.69) is 10.6 Å². The van der Waals surface area contributed by atoms with Crippen molar-refractivity contribution in [1.29, 1.82) is 0 Å². The Morgan fingerprint density at radius 3 is 2.77 bits per heavy atom. The summed E-state index contributed by atoms with van der Waals surface area (Å²) in [7, 11) is 1.57. The summed E-state index contributed by atoms with van der Waals surface area (Å²) in [6.07, 6.45) is 1.78. The Bertz CT molecular complexity index is 175. The summed E-state index contributed by atoms with van der Waals surface area (Å²) in [6, 6.07) is -0.198. The number of hydrogen-bond donors (Lipinski definition) is 3. The normalized spacial score (nSPS) is 27.2. The minimum Gasteiger partial charge on any atom is -0.394 e. The van der Waals surface area contributed by atoms with Gasteiger partial charge in [0.2, 0.25) is 0 Å². The number of carbonyl (C=O) groups excluding carboxylic acids is 1. The first-order valence-electron chi connectivity index (χ1n) is 4.48. The zero-order chi connectivity index (χ0) is 9.68. The van der Waals surface area contributed by atoms with Crippen LogP contribution in [0.5, 0.6) is 0 Å². The van der Waals surface area contributed by atoms with E-state index in [-0.39, 0.29) is 24.8 Å². The average Bonchev–Trinajstić information content (AvgIpc) is 2.61. The second kappa shape index (κ2) is 5.04. The number of nitrogens with one attached hydrogen (secondary N) is 2. The lowest BCUT2D eigenvalue weighted by Gasteiger charge is -2.12. The van der Waals surface area contributed by atoms with Gasteiger partial charge in [0.05, 0.1) is 18.8 Å². The molecular formula is C8H16N2O3. The van der Waals surface area contributed by atoms with Gasteiger partial charge in [-0.15, -0.1) is 0 Å². The molecule has 0 aliphatic carbocycles. The van der Waals surface area contributed by atoms with Crippen LogP contribution in [-0.4, -0.2) is 43.5 Å². The first kappa shape index (κ1) is 10.3. The van der Waals surface area contributed by atoms with Crippen LogP contribution in [0, 0.1) is 0 Å². The predicted octanol–water partition coefficient (Wildman–Crippen LogP) is -0.545. The van der Waals surface area contributed by atoms with Crippen molar-refractivity contribution >= 4 is 6.03 Å². The first-order valence-corrected chi connectivity index (χ1v) is 4.48. The standard InChI is InChI=1S/C8H16N2O3/c1-9-8(12)10-4-6-2-3-7(5-11)13-6/h6-7,11H,2-5H2,1H3,(H2,9,10,12)/t6-,7+/m1/s1. The van der Waals surface area contributed by atoms with Gasteiger partial charge in [-0.25, -0.2) is 4.79 Å². The molecule has 3 N–H and O–H groups in total. The minimum absolute atomic E-state index is 0.0449. The summed E-state index contributed by atoms with van der Waals surface area (Å²) in [6.45, 7) is 0.576. The highest BCUT2D eigenvalue weighted by Gasteiger charge is 2.24. The summed E-state index contributed by atoms with van der Waals surface area (Å²) in [4.78, 5) is 10.8. The second-order valence-corrected chi connectivity index (χ2v) is 3.10. The monoisotopic (exact) mass is 188 g/mol. The van der Waals surface area contributed by atoms with Crippen molar-refractivity contribution in [2.75, 3.05) is 20.2 Å². The van der Waals surface area contributed by atoms with Crippen LogP contribution in [0.2, 0.25) is 0 Å². The molecule has 0 aromatic rings. The molecule has 1 saturated heterocycles. The fourth-order valence-electron chi connectivity index (χ4n) is 1.36. The van der Waals surface area contributed by atoms with Crippen molar-refractivity contribution in [3.63, 3.8) is 0 Å². The van der Waals surface area contributed by atoms with Crippen LogP contribution < -0.4 is 10.6 Å². The van der Waals surface area contributed by atoms with E-state index in [1.54, 1.807) is 7.05 Å². The Hall–Kier alpha value is -0.810. The molecule has 2 atom stereocenters. The first-order chi connectivity index (χ1) is 6.26. The molecule has 5 nitrogen and oxygen atoms in total. The van der Waals surface area contributed by atoms with Crippen molar-refractivity contribution in [3.05, 3.63) is 0 Å². The maximum absolute atomic E-state index is 10.8. The lowest BCUT2D eigenvalue weighted by Crippen LogP contribution is -2.38. The van der Waals surface area contributed by atoms with E-state index < -0.39 is 0 Å². The van der Waals surface area contributed by atoms with E-state index in [1.807, 2.05) is 0 Å². The van der Waals surface area contributed by atoms with Gasteiger partial charge in [-0.3, -0.25) is 0 Å². The van der Waals surface area contributed by atoms with Gasteiger partial charge in [-0.2, -0.15) is 0 Å². The molecule has 1 fully saturated rings. The van der Waals surface area contributed by atoms with Crippen LogP contribution in [0.15, 0.2) is 0 Å². The molecule has 0 radical (unpaired) electrons. The number of aliphatic hydroxyl groups is 1. The molecule has 1 aliphatic heterocycles. The van der Waals surface area contributed by atoms with Crippen LogP contribution in [-0.2, 0) is 4.74 Å². The highest BCUT2D eigenvalue weighted by atomic mass is 16.5. The molecule has 0 unspecified atom stereocenters. The molecule has 0 aromatic carbocycles. The summed E-state index contributed by atoms with van der Waals surface area (Å²) in [5.41, 5.74) is 0. The smallest absolute Gasteiger partial charge is 0.314 e. The van der Waals surface area contributed by atoms with Gasteiger partial charge in [-0.05, 0) is 12.8 Å². The molecule has 0 aromatic heterocycles. The average molecular weight is 188 g/mol. The van der Waals surface area contributed by atoms with Gasteiger partial charge in [0.25, 0.3) is 0 Å².